The fourth-order valence-electron chi connectivity index (χ4n) is 5.07. The first kappa shape index (κ1) is 23.2. The van der Waals surface area contributed by atoms with Gasteiger partial charge in [0.2, 0.25) is 11.8 Å². The summed E-state index contributed by atoms with van der Waals surface area (Å²) in [4.78, 5) is 40.9. The van der Waals surface area contributed by atoms with Crippen molar-refractivity contribution in [2.24, 2.45) is 0 Å². The second-order valence-corrected chi connectivity index (χ2v) is 9.18. The van der Waals surface area contributed by atoms with Gasteiger partial charge in [0, 0.05) is 32.0 Å². The smallest absolute Gasteiger partial charge is 0.273 e. The van der Waals surface area contributed by atoms with Crippen molar-refractivity contribution in [1.82, 2.24) is 14.8 Å². The van der Waals surface area contributed by atoms with E-state index in [1.807, 2.05) is 0 Å². The Balaban J connectivity index is 1.81. The van der Waals surface area contributed by atoms with Gasteiger partial charge >= 0.3 is 0 Å². The zero-order valence-electron chi connectivity index (χ0n) is 19.4. The van der Waals surface area contributed by atoms with Crippen molar-refractivity contribution in [3.8, 4) is 0 Å². The number of ether oxygens (including phenoxy) is 1. The molecule has 1 aliphatic heterocycles. The highest BCUT2D eigenvalue weighted by molar-refractivity contribution is 6.14. The first-order valence-electron chi connectivity index (χ1n) is 11.5. The molecule has 0 unspecified atom stereocenters. The van der Waals surface area contributed by atoms with E-state index in [2.05, 4.69) is 10.6 Å². The fraction of sp³-hybridized carbons (Fsp3) is 0.542. The van der Waals surface area contributed by atoms with Crippen LogP contribution in [0.3, 0.4) is 0 Å². The third kappa shape index (κ3) is 4.21. The minimum Gasteiger partial charge on any atom is -0.383 e. The second-order valence-electron chi connectivity index (χ2n) is 9.18. The molecule has 1 aliphatic carbocycles. The number of hydrogen-bond acceptors (Lipinski definition) is 4. The third-order valence-electron chi connectivity index (χ3n) is 6.78. The van der Waals surface area contributed by atoms with Gasteiger partial charge in [0.25, 0.3) is 5.91 Å². The summed E-state index contributed by atoms with van der Waals surface area (Å²) in [5, 5.41) is 6.30. The predicted octanol–water partition coefficient (Wildman–Crippen LogP) is 3.05. The van der Waals surface area contributed by atoms with Crippen LogP contribution < -0.4 is 10.6 Å². The van der Waals surface area contributed by atoms with E-state index in [0.29, 0.717) is 10.9 Å². The van der Waals surface area contributed by atoms with Crippen LogP contribution in [0.15, 0.2) is 18.2 Å². The second kappa shape index (κ2) is 9.13. The molecule has 0 spiro atoms. The van der Waals surface area contributed by atoms with Crippen molar-refractivity contribution in [1.29, 1.82) is 0 Å². The maximum atomic E-state index is 14.1. The number of carbonyl (C=O) groups excluding carboxylic acids is 3. The SMILES string of the molecule is COCCN1C(=O)c2c(NC(C)=O)c3cc(F)ccc3n2C[C@]1(C)C(=O)NC1CCCCC1. The van der Waals surface area contributed by atoms with Crippen LogP contribution in [0, 0.1) is 5.82 Å². The van der Waals surface area contributed by atoms with E-state index >= 15 is 0 Å². The number of aromatic nitrogens is 1. The average Bonchev–Trinajstić information content (AvgIpc) is 3.06. The lowest BCUT2D eigenvalue weighted by Gasteiger charge is -2.45. The summed E-state index contributed by atoms with van der Waals surface area (Å²) < 4.78 is 21.1. The zero-order chi connectivity index (χ0) is 23.8. The van der Waals surface area contributed by atoms with Crippen LogP contribution in [-0.2, 0) is 20.9 Å². The van der Waals surface area contributed by atoms with Gasteiger partial charge in [-0.1, -0.05) is 19.3 Å². The Labute approximate surface area is 192 Å². The molecular formula is C24H31FN4O4. The molecule has 2 aromatic rings. The number of carbonyl (C=O) groups is 3. The van der Waals surface area contributed by atoms with Gasteiger partial charge in [-0.15, -0.1) is 0 Å². The van der Waals surface area contributed by atoms with Gasteiger partial charge in [-0.3, -0.25) is 14.4 Å². The van der Waals surface area contributed by atoms with E-state index < -0.39 is 17.3 Å². The number of halogens is 1. The van der Waals surface area contributed by atoms with Crippen molar-refractivity contribution < 1.29 is 23.5 Å². The topological polar surface area (TPSA) is 92.7 Å². The van der Waals surface area contributed by atoms with Gasteiger partial charge in [0.05, 0.1) is 24.4 Å². The van der Waals surface area contributed by atoms with Crippen LogP contribution >= 0.6 is 0 Å². The average molecular weight is 459 g/mol. The Bertz CT molecular complexity index is 1090. The highest BCUT2D eigenvalue weighted by atomic mass is 19.1. The Morgan fingerprint density at radius 2 is 1.97 bits per heavy atom. The number of benzene rings is 1. The molecule has 0 radical (unpaired) electrons. The monoisotopic (exact) mass is 458 g/mol. The van der Waals surface area contributed by atoms with Gasteiger partial charge in [-0.25, -0.2) is 4.39 Å². The number of amides is 3. The van der Waals surface area contributed by atoms with Crippen LogP contribution in [0.5, 0.6) is 0 Å². The summed E-state index contributed by atoms with van der Waals surface area (Å²) in [7, 11) is 1.54. The van der Waals surface area contributed by atoms with Gasteiger partial charge in [-0.05, 0) is 38.0 Å². The number of nitrogens with zero attached hydrogens (tertiary/aromatic N) is 2. The molecular weight excluding hydrogens is 427 g/mol. The molecule has 33 heavy (non-hydrogen) atoms. The summed E-state index contributed by atoms with van der Waals surface area (Å²) in [6, 6.07) is 4.29. The van der Waals surface area contributed by atoms with E-state index in [1.165, 1.54) is 37.5 Å². The highest BCUT2D eigenvalue weighted by Crippen LogP contribution is 2.39. The minimum atomic E-state index is -1.17. The summed E-state index contributed by atoms with van der Waals surface area (Å²) in [5.74, 6) is -1.46. The van der Waals surface area contributed by atoms with E-state index in [0.717, 1.165) is 25.7 Å². The van der Waals surface area contributed by atoms with Crippen LogP contribution in [0.25, 0.3) is 10.9 Å². The number of anilines is 1. The molecule has 0 saturated heterocycles. The third-order valence-corrected chi connectivity index (χ3v) is 6.78. The lowest BCUT2D eigenvalue weighted by Crippen LogP contribution is -2.65. The first-order chi connectivity index (χ1) is 15.8. The standard InChI is InChI=1S/C24H31FN4O4/c1-15(30)26-20-18-13-16(25)9-10-19(18)28-14-24(2,23(32)27-17-7-5-4-6-8-17)29(11-12-33-3)22(31)21(20)28/h9-10,13,17H,4-8,11-12,14H2,1-3H3,(H,26,30)(H,27,32)/t24-/m1/s1. The number of hydrogen-bond donors (Lipinski definition) is 2. The Kier molecular flexibility index (Phi) is 6.43. The number of nitrogens with one attached hydrogen (secondary N) is 2. The van der Waals surface area contributed by atoms with Crippen molar-refractivity contribution in [2.75, 3.05) is 25.6 Å². The van der Waals surface area contributed by atoms with Crippen LogP contribution in [0.2, 0.25) is 0 Å². The Hall–Kier alpha value is -2.94. The normalized spacial score (nSPS) is 21.2. The molecule has 0 bridgehead atoms. The maximum Gasteiger partial charge on any atom is 0.273 e. The molecule has 1 aromatic heterocycles. The van der Waals surface area contributed by atoms with E-state index in [4.69, 9.17) is 4.74 Å². The molecule has 1 atom stereocenters. The van der Waals surface area contributed by atoms with Gasteiger partial charge in [0.1, 0.15) is 17.1 Å². The molecule has 178 valence electrons. The van der Waals surface area contributed by atoms with Crippen molar-refractivity contribution in [3.05, 3.63) is 29.7 Å². The Morgan fingerprint density at radius 3 is 2.64 bits per heavy atom. The minimum absolute atomic E-state index is 0.0919. The summed E-state index contributed by atoms with van der Waals surface area (Å²) in [6.45, 7) is 3.74. The molecule has 2 N–H and O–H groups in total. The lowest BCUT2D eigenvalue weighted by atomic mass is 9.91. The molecule has 2 heterocycles. The predicted molar refractivity (Wildman–Crippen MR) is 123 cm³/mol. The number of rotatable bonds is 6. The van der Waals surface area contributed by atoms with Crippen molar-refractivity contribution in [2.45, 2.75) is 64.1 Å². The lowest BCUT2D eigenvalue weighted by molar-refractivity contribution is -0.134. The van der Waals surface area contributed by atoms with Gasteiger partial charge in [0.15, 0.2) is 0 Å². The quantitative estimate of drug-likeness (QED) is 0.696. The Morgan fingerprint density at radius 1 is 1.24 bits per heavy atom. The molecule has 3 amide bonds. The van der Waals surface area contributed by atoms with E-state index in [9.17, 15) is 18.8 Å². The molecule has 1 saturated carbocycles. The molecule has 4 rings (SSSR count). The van der Waals surface area contributed by atoms with Crippen LogP contribution in [0.1, 0.15) is 56.4 Å². The van der Waals surface area contributed by atoms with Gasteiger partial charge in [-0.2, -0.15) is 0 Å². The molecule has 8 nitrogen and oxygen atoms in total. The molecule has 1 fully saturated rings. The van der Waals surface area contributed by atoms with Crippen molar-refractivity contribution >= 4 is 34.3 Å². The molecule has 2 aliphatic rings. The first-order valence-corrected chi connectivity index (χ1v) is 11.5. The van der Waals surface area contributed by atoms with Crippen molar-refractivity contribution in [3.63, 3.8) is 0 Å². The molecule has 9 heteroatoms. The van der Waals surface area contributed by atoms with Crippen LogP contribution in [-0.4, -0.2) is 59.0 Å². The van der Waals surface area contributed by atoms with E-state index in [1.54, 1.807) is 17.6 Å². The highest BCUT2D eigenvalue weighted by Gasteiger charge is 2.49. The largest absolute Gasteiger partial charge is 0.383 e. The van der Waals surface area contributed by atoms with Gasteiger partial charge < -0.3 is 24.8 Å². The number of methoxy groups -OCH3 is 1. The zero-order valence-corrected chi connectivity index (χ0v) is 19.4. The summed E-state index contributed by atoms with van der Waals surface area (Å²) in [6.07, 6.45) is 5.18. The van der Waals surface area contributed by atoms with Crippen LogP contribution in [0.4, 0.5) is 10.1 Å². The fourth-order valence-corrected chi connectivity index (χ4v) is 5.07. The summed E-state index contributed by atoms with van der Waals surface area (Å²) in [5.41, 5.74) is -0.0796. The summed E-state index contributed by atoms with van der Waals surface area (Å²) >= 11 is 0. The maximum absolute atomic E-state index is 14.1. The van der Waals surface area contributed by atoms with E-state index in [-0.39, 0.29) is 48.9 Å². The number of fused-ring (bicyclic) bond motifs is 3. The molecule has 1 aromatic carbocycles.